The van der Waals surface area contributed by atoms with Crippen molar-refractivity contribution in [2.24, 2.45) is 11.3 Å². The zero-order valence-corrected chi connectivity index (χ0v) is 12.9. The van der Waals surface area contributed by atoms with Crippen molar-refractivity contribution in [3.63, 3.8) is 0 Å². The normalized spacial score (nSPS) is 24.8. The molecule has 0 aromatic carbocycles. The second-order valence-electron chi connectivity index (χ2n) is 6.40. The Hall–Kier alpha value is -0.400. The molecule has 19 heavy (non-hydrogen) atoms. The Morgan fingerprint density at radius 3 is 2.47 bits per heavy atom. The molecule has 0 amide bonds. The van der Waals surface area contributed by atoms with Crippen LogP contribution in [-0.2, 0) is 0 Å². The molecular formula is C17H30F2. The van der Waals surface area contributed by atoms with Crippen molar-refractivity contribution in [3.8, 4) is 0 Å². The van der Waals surface area contributed by atoms with E-state index in [4.69, 9.17) is 0 Å². The molecule has 0 fully saturated rings. The van der Waals surface area contributed by atoms with Crippen LogP contribution in [0.25, 0.3) is 0 Å². The summed E-state index contributed by atoms with van der Waals surface area (Å²) in [5.74, 6) is 0.466. The molecule has 0 heterocycles. The molecule has 1 rings (SSSR count). The van der Waals surface area contributed by atoms with Gasteiger partial charge in [0.1, 0.15) is 0 Å². The highest BCUT2D eigenvalue weighted by Crippen LogP contribution is 2.46. The smallest absolute Gasteiger partial charge is 0.211 e. The van der Waals surface area contributed by atoms with Gasteiger partial charge in [0, 0.05) is 6.42 Å². The highest BCUT2D eigenvalue weighted by atomic mass is 19.3. The molecule has 112 valence electrons. The van der Waals surface area contributed by atoms with Gasteiger partial charge in [-0.15, -0.1) is 0 Å². The van der Waals surface area contributed by atoms with E-state index in [9.17, 15) is 8.78 Å². The molecule has 0 spiro atoms. The highest BCUT2D eigenvalue weighted by Gasteiger charge is 2.33. The van der Waals surface area contributed by atoms with Crippen LogP contribution in [0.4, 0.5) is 8.78 Å². The van der Waals surface area contributed by atoms with Gasteiger partial charge in [-0.3, -0.25) is 0 Å². The van der Waals surface area contributed by atoms with Gasteiger partial charge in [-0.05, 0) is 50.4 Å². The van der Waals surface area contributed by atoms with E-state index in [0.29, 0.717) is 17.8 Å². The van der Waals surface area contributed by atoms with Crippen LogP contribution in [-0.4, -0.2) is 6.43 Å². The summed E-state index contributed by atoms with van der Waals surface area (Å²) < 4.78 is 24.8. The molecule has 2 atom stereocenters. The fraction of sp³-hybridized carbons (Fsp3) is 0.882. The van der Waals surface area contributed by atoms with Crippen LogP contribution in [0.15, 0.2) is 11.6 Å². The van der Waals surface area contributed by atoms with Gasteiger partial charge in [-0.25, -0.2) is 8.78 Å². The van der Waals surface area contributed by atoms with Crippen LogP contribution in [0.5, 0.6) is 0 Å². The molecule has 0 bridgehead atoms. The first-order chi connectivity index (χ1) is 9.01. The first-order valence-electron chi connectivity index (χ1n) is 7.98. The SMILES string of the molecule is CCCC[C@]1(C[C@@H](CC)CCC(F)F)C=C(C)CC1. The largest absolute Gasteiger partial charge is 0.238 e. The summed E-state index contributed by atoms with van der Waals surface area (Å²) in [5.41, 5.74) is 1.82. The fourth-order valence-electron chi connectivity index (χ4n) is 3.49. The van der Waals surface area contributed by atoms with Crippen molar-refractivity contribution in [2.45, 2.75) is 85.0 Å². The maximum atomic E-state index is 12.4. The van der Waals surface area contributed by atoms with Crippen molar-refractivity contribution in [3.05, 3.63) is 11.6 Å². The van der Waals surface area contributed by atoms with Gasteiger partial charge in [0.05, 0.1) is 0 Å². The van der Waals surface area contributed by atoms with E-state index in [1.165, 1.54) is 37.7 Å². The second kappa shape index (κ2) is 8.01. The third kappa shape index (κ3) is 5.62. The van der Waals surface area contributed by atoms with E-state index in [-0.39, 0.29) is 6.42 Å². The maximum absolute atomic E-state index is 12.4. The molecule has 0 N–H and O–H groups in total. The Labute approximate surface area is 117 Å². The summed E-state index contributed by atoms with van der Waals surface area (Å²) in [6, 6.07) is 0. The zero-order valence-electron chi connectivity index (χ0n) is 12.9. The lowest BCUT2D eigenvalue weighted by molar-refractivity contribution is 0.120. The summed E-state index contributed by atoms with van der Waals surface area (Å²) in [4.78, 5) is 0. The van der Waals surface area contributed by atoms with Crippen LogP contribution in [0.3, 0.4) is 0 Å². The van der Waals surface area contributed by atoms with E-state index in [1.807, 2.05) is 0 Å². The Morgan fingerprint density at radius 1 is 1.26 bits per heavy atom. The minimum absolute atomic E-state index is 0.0745. The van der Waals surface area contributed by atoms with E-state index >= 15 is 0 Å². The lowest BCUT2D eigenvalue weighted by atomic mass is 9.73. The zero-order chi connectivity index (χ0) is 14.3. The Morgan fingerprint density at radius 2 is 2.00 bits per heavy atom. The minimum Gasteiger partial charge on any atom is -0.211 e. The van der Waals surface area contributed by atoms with Gasteiger partial charge in [0.15, 0.2) is 0 Å². The first-order valence-corrected chi connectivity index (χ1v) is 7.98. The average Bonchev–Trinajstić information content (AvgIpc) is 2.74. The standard InChI is InChI=1S/C17H30F2/c1-4-6-10-17(11-9-14(3)12-17)13-15(5-2)7-8-16(18)19/h12,15-16H,4-11,13H2,1-3H3/t15-,17+/m0/s1. The number of unbranched alkanes of at least 4 members (excludes halogenated alkanes) is 1. The van der Waals surface area contributed by atoms with Crippen LogP contribution in [0.2, 0.25) is 0 Å². The quantitative estimate of drug-likeness (QED) is 0.428. The molecule has 2 heteroatoms. The fourth-order valence-corrected chi connectivity index (χ4v) is 3.49. The Kier molecular flexibility index (Phi) is 7.02. The third-order valence-electron chi connectivity index (χ3n) is 4.66. The monoisotopic (exact) mass is 272 g/mol. The van der Waals surface area contributed by atoms with Gasteiger partial charge < -0.3 is 0 Å². The maximum Gasteiger partial charge on any atom is 0.238 e. The van der Waals surface area contributed by atoms with E-state index in [0.717, 1.165) is 12.8 Å². The average molecular weight is 272 g/mol. The summed E-state index contributed by atoms with van der Waals surface area (Å²) in [6.07, 6.45) is 9.42. The summed E-state index contributed by atoms with van der Waals surface area (Å²) >= 11 is 0. The molecule has 0 aromatic heterocycles. The van der Waals surface area contributed by atoms with E-state index < -0.39 is 6.43 Å². The number of rotatable bonds is 9. The second-order valence-corrected chi connectivity index (χ2v) is 6.40. The molecule has 0 radical (unpaired) electrons. The number of halogens is 2. The molecule has 0 saturated carbocycles. The van der Waals surface area contributed by atoms with Gasteiger partial charge in [-0.2, -0.15) is 0 Å². The van der Waals surface area contributed by atoms with Gasteiger partial charge >= 0.3 is 0 Å². The minimum atomic E-state index is -2.14. The molecule has 0 aliphatic heterocycles. The lowest BCUT2D eigenvalue weighted by Gasteiger charge is -2.32. The Bertz CT molecular complexity index is 283. The van der Waals surface area contributed by atoms with Crippen molar-refractivity contribution < 1.29 is 8.78 Å². The molecule has 0 nitrogen and oxygen atoms in total. The van der Waals surface area contributed by atoms with Crippen molar-refractivity contribution in [1.82, 2.24) is 0 Å². The Balaban J connectivity index is 2.60. The summed E-state index contributed by atoms with van der Waals surface area (Å²) in [5, 5.41) is 0. The number of hydrogen-bond acceptors (Lipinski definition) is 0. The van der Waals surface area contributed by atoms with Gasteiger partial charge in [0.2, 0.25) is 6.43 Å². The predicted octanol–water partition coefficient (Wildman–Crippen LogP) is 6.36. The van der Waals surface area contributed by atoms with E-state index in [1.54, 1.807) is 0 Å². The summed E-state index contributed by atoms with van der Waals surface area (Å²) in [7, 11) is 0. The van der Waals surface area contributed by atoms with Crippen molar-refractivity contribution in [2.75, 3.05) is 0 Å². The molecule has 1 aliphatic carbocycles. The predicted molar refractivity (Wildman–Crippen MR) is 78.6 cm³/mol. The summed E-state index contributed by atoms with van der Waals surface area (Å²) in [6.45, 7) is 6.59. The number of alkyl halides is 2. The highest BCUT2D eigenvalue weighted by molar-refractivity contribution is 5.15. The lowest BCUT2D eigenvalue weighted by Crippen LogP contribution is -2.20. The third-order valence-corrected chi connectivity index (χ3v) is 4.66. The number of allylic oxidation sites excluding steroid dienone is 2. The topological polar surface area (TPSA) is 0 Å². The van der Waals surface area contributed by atoms with Crippen molar-refractivity contribution in [1.29, 1.82) is 0 Å². The van der Waals surface area contributed by atoms with Crippen LogP contribution < -0.4 is 0 Å². The van der Waals surface area contributed by atoms with Crippen LogP contribution in [0.1, 0.15) is 78.6 Å². The van der Waals surface area contributed by atoms with Crippen molar-refractivity contribution >= 4 is 0 Å². The number of hydrogen-bond donors (Lipinski definition) is 0. The molecule has 0 aromatic rings. The van der Waals surface area contributed by atoms with Crippen LogP contribution >= 0.6 is 0 Å². The molecule has 1 aliphatic rings. The molecular weight excluding hydrogens is 242 g/mol. The van der Waals surface area contributed by atoms with E-state index in [2.05, 4.69) is 26.8 Å². The van der Waals surface area contributed by atoms with Gasteiger partial charge in [0.25, 0.3) is 0 Å². The van der Waals surface area contributed by atoms with Crippen LogP contribution in [0, 0.1) is 11.3 Å². The first kappa shape index (κ1) is 16.7. The molecule has 0 saturated heterocycles. The molecule has 0 unspecified atom stereocenters. The van der Waals surface area contributed by atoms with Gasteiger partial charge in [-0.1, -0.05) is 44.8 Å².